The summed E-state index contributed by atoms with van der Waals surface area (Å²) in [5, 5.41) is 3.76. The van der Waals surface area contributed by atoms with Crippen LogP contribution in [0.3, 0.4) is 0 Å². The molecule has 0 aliphatic heterocycles. The Morgan fingerprint density at radius 2 is 1.88 bits per heavy atom. The third-order valence-corrected chi connectivity index (χ3v) is 4.28. The number of aryl methyl sites for hydroxylation is 1. The Hall–Kier alpha value is -3.02. The molecule has 26 heavy (non-hydrogen) atoms. The van der Waals surface area contributed by atoms with Crippen molar-refractivity contribution in [1.29, 1.82) is 0 Å². The molecule has 0 unspecified atom stereocenters. The molecule has 2 aromatic heterocycles. The largest absolute Gasteiger partial charge is 0.352 e. The van der Waals surface area contributed by atoms with Crippen LogP contribution in [0, 0.1) is 12.7 Å². The number of aromatic nitrogens is 2. The number of anilines is 2. The Balaban J connectivity index is 2.19. The van der Waals surface area contributed by atoms with E-state index in [4.69, 9.17) is 0 Å². The highest BCUT2D eigenvalue weighted by atomic mass is 19.1. The van der Waals surface area contributed by atoms with Crippen molar-refractivity contribution in [3.8, 4) is 0 Å². The molecule has 0 saturated heterocycles. The summed E-state index contributed by atoms with van der Waals surface area (Å²) in [6.07, 6.45) is 1.51. The van der Waals surface area contributed by atoms with Crippen LogP contribution in [-0.2, 0) is 0 Å². The van der Waals surface area contributed by atoms with Gasteiger partial charge in [-0.3, -0.25) is 4.79 Å². The van der Waals surface area contributed by atoms with Crippen molar-refractivity contribution in [3.63, 3.8) is 0 Å². The number of pyridine rings is 2. The van der Waals surface area contributed by atoms with Crippen molar-refractivity contribution in [2.24, 2.45) is 0 Å². The number of benzene rings is 1. The number of nitrogens with one attached hydrogen (secondary N) is 1. The summed E-state index contributed by atoms with van der Waals surface area (Å²) in [7, 11) is 0. The second-order valence-corrected chi connectivity index (χ2v) is 5.95. The van der Waals surface area contributed by atoms with Crippen molar-refractivity contribution >= 4 is 28.3 Å². The molecule has 1 N–H and O–H groups in total. The average molecular weight is 352 g/mol. The van der Waals surface area contributed by atoms with Gasteiger partial charge in [-0.1, -0.05) is 12.1 Å². The zero-order chi connectivity index (χ0) is 18.7. The lowest BCUT2D eigenvalue weighted by Gasteiger charge is -2.21. The smallest absolute Gasteiger partial charge is 0.257 e. The van der Waals surface area contributed by atoms with Crippen LogP contribution in [0.5, 0.6) is 0 Å². The van der Waals surface area contributed by atoms with Gasteiger partial charge in [0.15, 0.2) is 5.65 Å². The Morgan fingerprint density at radius 1 is 1.15 bits per heavy atom. The van der Waals surface area contributed by atoms with Gasteiger partial charge in [0.25, 0.3) is 5.91 Å². The van der Waals surface area contributed by atoms with Crippen LogP contribution in [0.2, 0.25) is 0 Å². The molecule has 0 saturated carbocycles. The summed E-state index contributed by atoms with van der Waals surface area (Å²) in [4.78, 5) is 23.4. The molecule has 3 aromatic rings. The molecule has 0 aliphatic carbocycles. The third kappa shape index (κ3) is 3.35. The first kappa shape index (κ1) is 17.8. The molecule has 134 valence electrons. The Bertz CT molecular complexity index is 954. The average Bonchev–Trinajstić information content (AvgIpc) is 2.64. The predicted molar refractivity (Wildman–Crippen MR) is 101 cm³/mol. The molecule has 0 radical (unpaired) electrons. The minimum atomic E-state index is -0.390. The number of rotatable bonds is 5. The van der Waals surface area contributed by atoms with Crippen LogP contribution < -0.4 is 5.32 Å². The highest BCUT2D eigenvalue weighted by molar-refractivity contribution is 6.07. The van der Waals surface area contributed by atoms with Crippen LogP contribution in [-0.4, -0.2) is 33.9 Å². The van der Waals surface area contributed by atoms with Gasteiger partial charge in [0.2, 0.25) is 0 Å². The number of hydrogen-bond donors (Lipinski definition) is 1. The molecule has 5 nitrogen and oxygen atoms in total. The van der Waals surface area contributed by atoms with Crippen LogP contribution >= 0.6 is 0 Å². The minimum Gasteiger partial charge on any atom is -0.352 e. The number of para-hydroxylation sites is 1. The van der Waals surface area contributed by atoms with E-state index in [2.05, 4.69) is 15.3 Å². The Morgan fingerprint density at radius 3 is 2.58 bits per heavy atom. The van der Waals surface area contributed by atoms with Crippen LogP contribution in [0.15, 0.2) is 42.6 Å². The van der Waals surface area contributed by atoms with Gasteiger partial charge in [0, 0.05) is 30.4 Å². The van der Waals surface area contributed by atoms with Crippen molar-refractivity contribution in [1.82, 2.24) is 14.9 Å². The van der Waals surface area contributed by atoms with Crippen LogP contribution in [0.4, 0.5) is 15.8 Å². The third-order valence-electron chi connectivity index (χ3n) is 4.28. The summed E-state index contributed by atoms with van der Waals surface area (Å²) in [6.45, 7) is 6.88. The van der Waals surface area contributed by atoms with Gasteiger partial charge in [0.1, 0.15) is 5.82 Å². The summed E-state index contributed by atoms with van der Waals surface area (Å²) < 4.78 is 14.2. The van der Waals surface area contributed by atoms with Gasteiger partial charge in [-0.05, 0) is 45.0 Å². The number of carbonyl (C=O) groups excluding carboxylic acids is 1. The van der Waals surface area contributed by atoms with E-state index in [1.54, 1.807) is 23.1 Å². The van der Waals surface area contributed by atoms with E-state index in [1.165, 1.54) is 12.3 Å². The molecule has 3 rings (SSSR count). The van der Waals surface area contributed by atoms with Crippen LogP contribution in [0.1, 0.15) is 29.9 Å². The van der Waals surface area contributed by atoms with Gasteiger partial charge < -0.3 is 10.2 Å². The lowest BCUT2D eigenvalue weighted by atomic mass is 10.1. The number of halogens is 1. The second kappa shape index (κ2) is 7.47. The van der Waals surface area contributed by atoms with Crippen LogP contribution in [0.25, 0.3) is 11.0 Å². The highest BCUT2D eigenvalue weighted by Crippen LogP contribution is 2.30. The molecule has 6 heteroatoms. The number of nitrogens with zero attached hydrogens (tertiary/aromatic N) is 3. The second-order valence-electron chi connectivity index (χ2n) is 5.95. The topological polar surface area (TPSA) is 58.1 Å². The van der Waals surface area contributed by atoms with E-state index in [1.807, 2.05) is 32.9 Å². The molecule has 2 heterocycles. The quantitative estimate of drug-likeness (QED) is 0.744. The first-order valence-corrected chi connectivity index (χ1v) is 8.62. The van der Waals surface area contributed by atoms with Crippen molar-refractivity contribution in [2.45, 2.75) is 20.8 Å². The molecule has 0 spiro atoms. The molecule has 0 atom stereocenters. The Kier molecular flexibility index (Phi) is 5.11. The normalized spacial score (nSPS) is 10.8. The van der Waals surface area contributed by atoms with E-state index in [0.717, 1.165) is 5.69 Å². The number of hydrogen-bond acceptors (Lipinski definition) is 4. The van der Waals surface area contributed by atoms with Gasteiger partial charge in [-0.2, -0.15) is 0 Å². The molecular weight excluding hydrogens is 331 g/mol. The van der Waals surface area contributed by atoms with E-state index >= 15 is 0 Å². The maximum atomic E-state index is 14.2. The lowest BCUT2D eigenvalue weighted by molar-refractivity contribution is 0.0773. The maximum absolute atomic E-state index is 14.2. The summed E-state index contributed by atoms with van der Waals surface area (Å²) in [5.74, 6) is -0.539. The molecule has 0 aliphatic rings. The monoisotopic (exact) mass is 352 g/mol. The molecule has 1 aromatic carbocycles. The van der Waals surface area contributed by atoms with Crippen molar-refractivity contribution in [2.75, 3.05) is 18.4 Å². The molecular formula is C20H21FN4O. The first-order chi connectivity index (χ1) is 12.5. The predicted octanol–water partition coefficient (Wildman–Crippen LogP) is 4.30. The fourth-order valence-electron chi connectivity index (χ4n) is 2.85. The highest BCUT2D eigenvalue weighted by Gasteiger charge is 2.20. The van der Waals surface area contributed by atoms with E-state index in [0.29, 0.717) is 41.1 Å². The number of fused-ring (bicyclic) bond motifs is 1. The maximum Gasteiger partial charge on any atom is 0.257 e. The van der Waals surface area contributed by atoms with E-state index in [9.17, 15) is 9.18 Å². The molecule has 1 amide bonds. The fourth-order valence-corrected chi connectivity index (χ4v) is 2.85. The van der Waals surface area contributed by atoms with E-state index in [-0.39, 0.29) is 5.91 Å². The minimum absolute atomic E-state index is 0.149. The SMILES string of the molecule is CCN(CC)C(=O)c1cnc2nc(C)ccc2c1Nc1ccccc1F. The summed E-state index contributed by atoms with van der Waals surface area (Å²) in [6, 6.07) is 10.1. The lowest BCUT2D eigenvalue weighted by Crippen LogP contribution is -2.31. The summed E-state index contributed by atoms with van der Waals surface area (Å²) >= 11 is 0. The Labute approximate surface area is 151 Å². The molecule has 0 fully saturated rings. The standard InChI is InChI=1S/C20H21FN4O/c1-4-25(5-2)20(26)15-12-22-19-14(11-10-13(3)23-19)18(15)24-17-9-7-6-8-16(17)21/h6-12H,4-5H2,1-3H3,(H,22,23,24). The van der Waals surface area contributed by atoms with Gasteiger partial charge in [0.05, 0.1) is 16.9 Å². The van der Waals surface area contributed by atoms with Gasteiger partial charge in [-0.15, -0.1) is 0 Å². The van der Waals surface area contributed by atoms with E-state index < -0.39 is 5.82 Å². The zero-order valence-electron chi connectivity index (χ0n) is 15.1. The fraction of sp³-hybridized carbons (Fsp3) is 0.250. The van der Waals surface area contributed by atoms with Crippen molar-refractivity contribution in [3.05, 3.63) is 59.7 Å². The molecule has 0 bridgehead atoms. The number of carbonyl (C=O) groups is 1. The zero-order valence-corrected chi connectivity index (χ0v) is 15.1. The van der Waals surface area contributed by atoms with Crippen molar-refractivity contribution < 1.29 is 9.18 Å². The summed E-state index contributed by atoms with van der Waals surface area (Å²) in [5.41, 5.74) is 2.55. The van der Waals surface area contributed by atoms with Gasteiger partial charge >= 0.3 is 0 Å². The van der Waals surface area contributed by atoms with Gasteiger partial charge in [-0.25, -0.2) is 14.4 Å². The number of amides is 1. The first-order valence-electron chi connectivity index (χ1n) is 8.62.